The molecule has 0 atom stereocenters. The largest absolute Gasteiger partial charge is 0.378 e. The standard InChI is InChI=1S/C11H15BrN2O3S/c12-9-18(15,16)13-10-3-1-2-4-11(10)14-5-7-17-8-6-14/h1-4,13H,5-9H2. The van der Waals surface area contributed by atoms with Gasteiger partial charge in [-0.1, -0.05) is 28.1 Å². The molecule has 0 aliphatic carbocycles. The normalized spacial score (nSPS) is 16.6. The van der Waals surface area contributed by atoms with E-state index in [1.165, 1.54) is 0 Å². The molecule has 1 saturated heterocycles. The van der Waals surface area contributed by atoms with Gasteiger partial charge in [-0.05, 0) is 12.1 Å². The number of para-hydroxylation sites is 2. The van der Waals surface area contributed by atoms with E-state index in [0.29, 0.717) is 18.9 Å². The van der Waals surface area contributed by atoms with Gasteiger partial charge in [0.25, 0.3) is 0 Å². The van der Waals surface area contributed by atoms with Crippen LogP contribution in [0.3, 0.4) is 0 Å². The average Bonchev–Trinajstić information content (AvgIpc) is 2.40. The molecule has 5 nitrogen and oxygen atoms in total. The fourth-order valence-electron chi connectivity index (χ4n) is 1.83. The highest BCUT2D eigenvalue weighted by atomic mass is 79.9. The highest BCUT2D eigenvalue weighted by molar-refractivity contribution is 9.10. The van der Waals surface area contributed by atoms with Gasteiger partial charge in [0.15, 0.2) is 0 Å². The average molecular weight is 335 g/mol. The van der Waals surface area contributed by atoms with Crippen molar-refractivity contribution in [2.24, 2.45) is 0 Å². The molecule has 18 heavy (non-hydrogen) atoms. The van der Waals surface area contributed by atoms with Crippen LogP contribution in [0.5, 0.6) is 0 Å². The Morgan fingerprint density at radius 3 is 2.61 bits per heavy atom. The third-order valence-electron chi connectivity index (χ3n) is 2.66. The molecule has 100 valence electrons. The minimum Gasteiger partial charge on any atom is -0.378 e. The summed E-state index contributed by atoms with van der Waals surface area (Å²) in [5.41, 5.74) is 1.50. The Labute approximate surface area is 115 Å². The zero-order valence-corrected chi connectivity index (χ0v) is 12.2. The van der Waals surface area contributed by atoms with Crippen molar-refractivity contribution in [2.75, 3.05) is 40.6 Å². The van der Waals surface area contributed by atoms with Crippen LogP contribution < -0.4 is 9.62 Å². The van der Waals surface area contributed by atoms with Crippen LogP contribution in [-0.4, -0.2) is 39.4 Å². The van der Waals surface area contributed by atoms with Gasteiger partial charge in [0.2, 0.25) is 10.0 Å². The van der Waals surface area contributed by atoms with E-state index in [4.69, 9.17) is 4.74 Å². The molecule has 1 aliphatic rings. The number of hydrogen-bond acceptors (Lipinski definition) is 4. The number of nitrogens with one attached hydrogen (secondary N) is 1. The van der Waals surface area contributed by atoms with Gasteiger partial charge in [-0.3, -0.25) is 4.72 Å². The summed E-state index contributed by atoms with van der Waals surface area (Å²) < 4.78 is 31.0. The first-order chi connectivity index (χ1) is 8.62. The Hall–Kier alpha value is -0.790. The van der Waals surface area contributed by atoms with Gasteiger partial charge >= 0.3 is 0 Å². The van der Waals surface area contributed by atoms with Crippen molar-refractivity contribution in [1.29, 1.82) is 0 Å². The summed E-state index contributed by atoms with van der Waals surface area (Å²) in [4.78, 5) is 2.12. The van der Waals surface area contributed by atoms with E-state index in [0.717, 1.165) is 18.8 Å². The van der Waals surface area contributed by atoms with E-state index in [1.807, 2.05) is 18.2 Å². The second-order valence-electron chi connectivity index (χ2n) is 3.94. The third kappa shape index (κ3) is 3.37. The highest BCUT2D eigenvalue weighted by Gasteiger charge is 2.17. The molecule has 0 aromatic heterocycles. The molecule has 1 aliphatic heterocycles. The van der Waals surface area contributed by atoms with E-state index >= 15 is 0 Å². The summed E-state index contributed by atoms with van der Waals surface area (Å²) >= 11 is 2.96. The molecule has 1 fully saturated rings. The second-order valence-corrected chi connectivity index (χ2v) is 6.97. The lowest BCUT2D eigenvalue weighted by Gasteiger charge is -2.30. The lowest BCUT2D eigenvalue weighted by atomic mass is 10.2. The third-order valence-corrected chi connectivity index (χ3v) is 5.29. The van der Waals surface area contributed by atoms with Gasteiger partial charge in [-0.15, -0.1) is 0 Å². The van der Waals surface area contributed by atoms with Crippen LogP contribution in [0.25, 0.3) is 0 Å². The monoisotopic (exact) mass is 334 g/mol. The number of rotatable bonds is 4. The number of hydrogen-bond donors (Lipinski definition) is 1. The molecule has 1 N–H and O–H groups in total. The molecule has 0 bridgehead atoms. The Kier molecular flexibility index (Phi) is 4.47. The van der Waals surface area contributed by atoms with Gasteiger partial charge in [0.05, 0.1) is 24.6 Å². The van der Waals surface area contributed by atoms with Crippen molar-refractivity contribution in [3.05, 3.63) is 24.3 Å². The molecule has 0 spiro atoms. The second kappa shape index (κ2) is 5.90. The quantitative estimate of drug-likeness (QED) is 0.850. The Morgan fingerprint density at radius 1 is 1.28 bits per heavy atom. The maximum atomic E-state index is 11.6. The molecule has 0 saturated carbocycles. The lowest BCUT2D eigenvalue weighted by Crippen LogP contribution is -2.36. The molecule has 7 heteroatoms. The number of nitrogens with zero attached hydrogens (tertiary/aromatic N) is 1. The van der Waals surface area contributed by atoms with Gasteiger partial charge < -0.3 is 9.64 Å². The van der Waals surface area contributed by atoms with Gasteiger partial charge in [-0.25, -0.2) is 8.42 Å². The maximum absolute atomic E-state index is 11.6. The first kappa shape index (κ1) is 13.6. The molecule has 0 radical (unpaired) electrons. The zero-order chi connectivity index (χ0) is 13.0. The van der Waals surface area contributed by atoms with Crippen LogP contribution in [0.15, 0.2) is 24.3 Å². The summed E-state index contributed by atoms with van der Waals surface area (Å²) in [5, 5.41) is 0. The number of alkyl halides is 1. The predicted molar refractivity (Wildman–Crippen MR) is 75.8 cm³/mol. The summed E-state index contributed by atoms with van der Waals surface area (Å²) in [6.07, 6.45) is 0. The van der Waals surface area contributed by atoms with Gasteiger partial charge in [-0.2, -0.15) is 0 Å². The fourth-order valence-corrected chi connectivity index (χ4v) is 2.74. The van der Waals surface area contributed by atoms with E-state index in [-0.39, 0.29) is 4.66 Å². The van der Waals surface area contributed by atoms with Crippen LogP contribution in [0.2, 0.25) is 0 Å². The molecule has 2 rings (SSSR count). The number of benzene rings is 1. The van der Waals surface area contributed by atoms with Gasteiger partial charge in [0.1, 0.15) is 4.66 Å². The number of ether oxygens (including phenoxy) is 1. The molecule has 0 unspecified atom stereocenters. The maximum Gasteiger partial charge on any atom is 0.242 e. The van der Waals surface area contributed by atoms with Gasteiger partial charge in [0, 0.05) is 13.1 Å². The van der Waals surface area contributed by atoms with Crippen LogP contribution >= 0.6 is 15.9 Å². The van der Waals surface area contributed by atoms with E-state index in [9.17, 15) is 8.42 Å². The summed E-state index contributed by atoms with van der Waals surface area (Å²) in [6.45, 7) is 2.87. The van der Waals surface area contributed by atoms with Crippen molar-refractivity contribution < 1.29 is 13.2 Å². The van der Waals surface area contributed by atoms with E-state index in [1.54, 1.807) is 6.07 Å². The number of morpholine rings is 1. The number of halogens is 1. The zero-order valence-electron chi connectivity index (χ0n) is 9.80. The smallest absolute Gasteiger partial charge is 0.242 e. The van der Waals surface area contributed by atoms with Crippen LogP contribution in [-0.2, 0) is 14.8 Å². The highest BCUT2D eigenvalue weighted by Crippen LogP contribution is 2.27. The van der Waals surface area contributed by atoms with E-state index in [2.05, 4.69) is 25.6 Å². The van der Waals surface area contributed by atoms with E-state index < -0.39 is 10.0 Å². The predicted octanol–water partition coefficient (Wildman–Crippen LogP) is 1.62. The molecule has 1 aromatic rings. The van der Waals surface area contributed by atoms with Crippen LogP contribution in [0, 0.1) is 0 Å². The SMILES string of the molecule is O=S(=O)(CBr)Nc1ccccc1N1CCOCC1. The molecule has 1 heterocycles. The number of sulfonamides is 1. The Bertz CT molecular complexity index is 501. The van der Waals surface area contributed by atoms with Crippen molar-refractivity contribution >= 4 is 37.3 Å². The van der Waals surface area contributed by atoms with Crippen molar-refractivity contribution in [3.63, 3.8) is 0 Å². The topological polar surface area (TPSA) is 58.6 Å². The summed E-state index contributed by atoms with van der Waals surface area (Å²) in [7, 11) is -3.32. The minimum atomic E-state index is -3.32. The number of anilines is 2. The van der Waals surface area contributed by atoms with Crippen molar-refractivity contribution in [2.45, 2.75) is 0 Å². The minimum absolute atomic E-state index is 0.114. The van der Waals surface area contributed by atoms with Crippen molar-refractivity contribution in [3.8, 4) is 0 Å². The Balaban J connectivity index is 2.25. The lowest BCUT2D eigenvalue weighted by molar-refractivity contribution is 0.123. The molecular weight excluding hydrogens is 320 g/mol. The van der Waals surface area contributed by atoms with Crippen LogP contribution in [0.4, 0.5) is 11.4 Å². The summed E-state index contributed by atoms with van der Waals surface area (Å²) in [6, 6.07) is 7.40. The fraction of sp³-hybridized carbons (Fsp3) is 0.455. The van der Waals surface area contributed by atoms with Crippen molar-refractivity contribution in [1.82, 2.24) is 0 Å². The van der Waals surface area contributed by atoms with Crippen LogP contribution in [0.1, 0.15) is 0 Å². The summed E-state index contributed by atoms with van der Waals surface area (Å²) in [5.74, 6) is 0. The first-order valence-corrected chi connectivity index (χ1v) is 8.38. The molecular formula is C11H15BrN2O3S. The first-order valence-electron chi connectivity index (χ1n) is 5.60. The molecule has 0 amide bonds. The Morgan fingerprint density at radius 2 is 1.94 bits per heavy atom. The molecule has 1 aromatic carbocycles.